The van der Waals surface area contributed by atoms with Gasteiger partial charge in [-0.25, -0.2) is 13.2 Å². The molecule has 1 N–H and O–H groups in total. The van der Waals surface area contributed by atoms with E-state index in [0.717, 1.165) is 18.2 Å². The summed E-state index contributed by atoms with van der Waals surface area (Å²) in [6.45, 7) is 7.22. The molecule has 4 nitrogen and oxygen atoms in total. The summed E-state index contributed by atoms with van der Waals surface area (Å²) in [6, 6.07) is 2.79. The molecule has 1 aromatic rings. The predicted octanol–water partition coefficient (Wildman–Crippen LogP) is 4.26. The van der Waals surface area contributed by atoms with Crippen LogP contribution in [0.5, 0.6) is 0 Å². The molecule has 1 amide bonds. The molecule has 0 saturated carbocycles. The highest BCUT2D eigenvalue weighted by Crippen LogP contribution is 2.49. The molecule has 0 bridgehead atoms. The van der Waals surface area contributed by atoms with Gasteiger partial charge in [0.05, 0.1) is 0 Å². The van der Waals surface area contributed by atoms with Crippen LogP contribution in [0.25, 0.3) is 0 Å². The number of carbonyl (C=O) groups excluding carboxylic acids is 1. The van der Waals surface area contributed by atoms with Gasteiger partial charge in [-0.05, 0) is 47.9 Å². The van der Waals surface area contributed by atoms with Crippen molar-refractivity contribution in [3.63, 3.8) is 0 Å². The van der Waals surface area contributed by atoms with E-state index in [1.165, 1.54) is 19.1 Å². The Hall–Kier alpha value is -2.18. The number of rotatable bonds is 3. The zero-order chi connectivity index (χ0) is 18.6. The Bertz CT molecular complexity index is 801. The largest absolute Gasteiger partial charge is 0.325 e. The van der Waals surface area contributed by atoms with Crippen molar-refractivity contribution in [3.8, 4) is 0 Å². The number of benzene rings is 1. The van der Waals surface area contributed by atoms with Crippen molar-refractivity contribution >= 4 is 23.5 Å². The van der Waals surface area contributed by atoms with Crippen LogP contribution in [-0.4, -0.2) is 24.3 Å². The summed E-state index contributed by atoms with van der Waals surface area (Å²) >= 11 is 0. The molecule has 1 aliphatic heterocycles. The van der Waals surface area contributed by atoms with E-state index in [9.17, 15) is 18.0 Å². The molecule has 0 fully saturated rings. The molecular weight excluding hydrogens is 331 g/mol. The first-order valence-electron chi connectivity index (χ1n) is 8.13. The average molecular weight is 351 g/mol. The van der Waals surface area contributed by atoms with Gasteiger partial charge in [0.2, 0.25) is 5.91 Å². The highest BCUT2D eigenvalue weighted by atomic mass is 19.3. The molecule has 0 spiro atoms. The number of alkyl halides is 2. The molecule has 0 radical (unpaired) electrons. The Morgan fingerprint density at radius 1 is 1.32 bits per heavy atom. The Labute approximate surface area is 144 Å². The first kappa shape index (κ1) is 17.6. The maximum absolute atomic E-state index is 14.4. The molecule has 3 rings (SSSR count). The summed E-state index contributed by atoms with van der Waals surface area (Å²) in [6.07, 6.45) is -1.02. The average Bonchev–Trinajstić information content (AvgIpc) is 3.01. The Morgan fingerprint density at radius 3 is 2.64 bits per heavy atom. The first-order valence-corrected chi connectivity index (χ1v) is 8.13. The van der Waals surface area contributed by atoms with Crippen molar-refractivity contribution in [1.82, 2.24) is 0 Å². The van der Waals surface area contributed by atoms with Crippen molar-refractivity contribution < 1.29 is 18.0 Å². The second kappa shape index (κ2) is 5.68. The third-order valence-corrected chi connectivity index (χ3v) is 5.12. The van der Waals surface area contributed by atoms with Gasteiger partial charge in [-0.15, -0.1) is 0 Å². The number of fused-ring (bicyclic) bond motifs is 1. The van der Waals surface area contributed by atoms with Crippen LogP contribution in [0.1, 0.15) is 51.2 Å². The molecule has 0 saturated heterocycles. The Kier molecular flexibility index (Phi) is 4.00. The van der Waals surface area contributed by atoms with E-state index in [4.69, 9.17) is 0 Å². The zero-order valence-electron chi connectivity index (χ0n) is 14.5. The highest BCUT2D eigenvalue weighted by molar-refractivity contribution is 6.26. The molecule has 2 aliphatic rings. The van der Waals surface area contributed by atoms with Gasteiger partial charge >= 0.3 is 0 Å². The molecule has 0 aromatic heterocycles. The third kappa shape index (κ3) is 2.65. The Morgan fingerprint density at radius 2 is 2.00 bits per heavy atom. The van der Waals surface area contributed by atoms with Crippen LogP contribution in [0.4, 0.5) is 18.9 Å². The maximum Gasteiger partial charge on any atom is 0.279 e. The van der Waals surface area contributed by atoms with Crippen molar-refractivity contribution in [2.24, 2.45) is 15.6 Å². The van der Waals surface area contributed by atoms with Crippen LogP contribution in [0.3, 0.4) is 0 Å². The molecule has 1 heterocycles. The number of nitrogens with zero attached hydrogens (tertiary/aromatic N) is 2. The summed E-state index contributed by atoms with van der Waals surface area (Å²) in [5.74, 6) is -0.923. The maximum atomic E-state index is 14.4. The van der Waals surface area contributed by atoms with Crippen LogP contribution in [0, 0.1) is 11.2 Å². The molecule has 2 atom stereocenters. The quantitative estimate of drug-likeness (QED) is 0.869. The SMILES string of the molecule is CC1CC(C)(C)c2c(F)ccc(NC(=O)C3(C)C=NN=C3C(F)F)c21. The fourth-order valence-electron chi connectivity index (χ4n) is 3.95. The van der Waals surface area contributed by atoms with E-state index >= 15 is 0 Å². The summed E-state index contributed by atoms with van der Waals surface area (Å²) in [5, 5.41) is 9.57. The predicted molar refractivity (Wildman–Crippen MR) is 91.1 cm³/mol. The van der Waals surface area contributed by atoms with E-state index in [0.29, 0.717) is 11.3 Å². The second-order valence-electron chi connectivity index (χ2n) is 7.56. The van der Waals surface area contributed by atoms with E-state index in [1.54, 1.807) is 0 Å². The normalized spacial score (nSPS) is 26.7. The molecule has 2 unspecified atom stereocenters. The van der Waals surface area contributed by atoms with Crippen LogP contribution >= 0.6 is 0 Å². The van der Waals surface area contributed by atoms with Gasteiger partial charge in [0.25, 0.3) is 6.43 Å². The van der Waals surface area contributed by atoms with E-state index in [1.807, 2.05) is 20.8 Å². The molecule has 7 heteroatoms. The zero-order valence-corrected chi connectivity index (χ0v) is 14.5. The fourth-order valence-corrected chi connectivity index (χ4v) is 3.95. The molecule has 25 heavy (non-hydrogen) atoms. The molecule has 1 aromatic carbocycles. The van der Waals surface area contributed by atoms with E-state index in [-0.39, 0.29) is 17.2 Å². The molecule has 134 valence electrons. The van der Waals surface area contributed by atoms with Gasteiger partial charge in [-0.3, -0.25) is 4.79 Å². The van der Waals surface area contributed by atoms with Crippen molar-refractivity contribution in [1.29, 1.82) is 0 Å². The minimum Gasteiger partial charge on any atom is -0.325 e. The number of hydrogen-bond donors (Lipinski definition) is 1. The topological polar surface area (TPSA) is 53.8 Å². The van der Waals surface area contributed by atoms with E-state index in [2.05, 4.69) is 15.5 Å². The standard InChI is InChI=1S/C18H20F3N3O/c1-9-7-17(2,3)13-10(19)5-6-11(12(9)13)23-16(25)18(4)8-22-24-14(18)15(20)21/h5-6,8-9,15H,7H2,1-4H3,(H,23,25). The number of amides is 1. The summed E-state index contributed by atoms with van der Waals surface area (Å²) < 4.78 is 40.6. The smallest absolute Gasteiger partial charge is 0.279 e. The lowest BCUT2D eigenvalue weighted by molar-refractivity contribution is -0.119. The van der Waals surface area contributed by atoms with Crippen LogP contribution in [0.2, 0.25) is 0 Å². The Balaban J connectivity index is 1.98. The lowest BCUT2D eigenvalue weighted by atomic mass is 9.85. The van der Waals surface area contributed by atoms with Crippen LogP contribution in [-0.2, 0) is 10.2 Å². The lowest BCUT2D eigenvalue weighted by Gasteiger charge is -2.24. The minimum absolute atomic E-state index is 0.0456. The number of anilines is 1. The number of carbonyl (C=O) groups is 1. The van der Waals surface area contributed by atoms with Crippen molar-refractivity contribution in [2.45, 2.75) is 51.9 Å². The summed E-state index contributed by atoms with van der Waals surface area (Å²) in [4.78, 5) is 12.7. The fraction of sp³-hybridized carbons (Fsp3) is 0.500. The number of halogens is 3. The van der Waals surface area contributed by atoms with Crippen LogP contribution in [0.15, 0.2) is 22.3 Å². The number of hydrogen-bond acceptors (Lipinski definition) is 3. The summed E-state index contributed by atoms with van der Waals surface area (Å²) in [5.41, 5.74) is -0.800. The van der Waals surface area contributed by atoms with Gasteiger partial charge in [0, 0.05) is 11.9 Å². The second-order valence-corrected chi connectivity index (χ2v) is 7.56. The van der Waals surface area contributed by atoms with Gasteiger partial charge in [0.1, 0.15) is 16.9 Å². The lowest BCUT2D eigenvalue weighted by Crippen LogP contribution is -2.43. The van der Waals surface area contributed by atoms with Gasteiger partial charge in [0.15, 0.2) is 0 Å². The third-order valence-electron chi connectivity index (χ3n) is 5.12. The monoisotopic (exact) mass is 351 g/mol. The van der Waals surface area contributed by atoms with E-state index < -0.39 is 23.5 Å². The molecule has 1 aliphatic carbocycles. The molecular formula is C18H20F3N3O. The first-order chi connectivity index (χ1) is 11.6. The summed E-state index contributed by atoms with van der Waals surface area (Å²) in [7, 11) is 0. The minimum atomic E-state index is -2.88. The highest BCUT2D eigenvalue weighted by Gasteiger charge is 2.46. The van der Waals surface area contributed by atoms with Crippen LogP contribution < -0.4 is 5.32 Å². The van der Waals surface area contributed by atoms with Gasteiger partial charge < -0.3 is 5.32 Å². The van der Waals surface area contributed by atoms with Gasteiger partial charge in [-0.2, -0.15) is 10.2 Å². The van der Waals surface area contributed by atoms with Crippen molar-refractivity contribution in [3.05, 3.63) is 29.1 Å². The number of nitrogens with one attached hydrogen (secondary N) is 1. The van der Waals surface area contributed by atoms with Crippen molar-refractivity contribution in [2.75, 3.05) is 5.32 Å². The van der Waals surface area contributed by atoms with Gasteiger partial charge in [-0.1, -0.05) is 20.8 Å².